The number of nitrogen functional groups attached to an aromatic ring is 1. The molecule has 4 aromatic rings. The molecule has 0 saturated heterocycles. The predicted octanol–water partition coefficient (Wildman–Crippen LogP) is 2.43. The zero-order valence-corrected chi connectivity index (χ0v) is 14.8. The largest absolute Gasteiger partial charge is 0.384 e. The number of hydrogen-bond donors (Lipinski definition) is 4. The first-order valence-electron chi connectivity index (χ1n) is 8.54. The van der Waals surface area contributed by atoms with Crippen LogP contribution < -0.4 is 16.4 Å². The number of H-pyrrole nitrogens is 1. The van der Waals surface area contributed by atoms with Crippen LogP contribution in [0.3, 0.4) is 0 Å². The number of anilines is 4. The number of hydrogen-bond acceptors (Lipinski definition) is 8. The number of pyridine rings is 2. The third kappa shape index (κ3) is 3.92. The Morgan fingerprint density at radius 1 is 1.11 bits per heavy atom. The van der Waals surface area contributed by atoms with Crippen molar-refractivity contribution in [2.75, 3.05) is 22.9 Å². The summed E-state index contributed by atoms with van der Waals surface area (Å²) in [6, 6.07) is 11.2. The van der Waals surface area contributed by atoms with Crippen molar-refractivity contribution in [2.45, 2.75) is 13.3 Å². The molecule has 5 N–H and O–H groups in total. The second kappa shape index (κ2) is 7.24. The summed E-state index contributed by atoms with van der Waals surface area (Å²) in [4.78, 5) is 17.8. The van der Waals surface area contributed by atoms with Gasteiger partial charge in [-0.15, -0.1) is 0 Å². The summed E-state index contributed by atoms with van der Waals surface area (Å²) in [6.45, 7) is 2.57. The summed E-state index contributed by atoms with van der Waals surface area (Å²) in [6.07, 6.45) is 2.44. The normalized spacial score (nSPS) is 10.9. The Labute approximate surface area is 155 Å². The molecule has 0 fully saturated rings. The summed E-state index contributed by atoms with van der Waals surface area (Å²) < 4.78 is 0. The number of aromatic nitrogens is 6. The minimum Gasteiger partial charge on any atom is -0.384 e. The molecule has 0 radical (unpaired) electrons. The first-order valence-corrected chi connectivity index (χ1v) is 8.54. The Kier molecular flexibility index (Phi) is 4.48. The van der Waals surface area contributed by atoms with Crippen LogP contribution >= 0.6 is 0 Å². The maximum Gasteiger partial charge on any atom is 0.231 e. The van der Waals surface area contributed by atoms with E-state index < -0.39 is 0 Å². The van der Waals surface area contributed by atoms with Gasteiger partial charge in [0, 0.05) is 36.6 Å². The fourth-order valence-corrected chi connectivity index (χ4v) is 2.69. The molecule has 0 amide bonds. The minimum absolute atomic E-state index is 0.451. The number of nitrogens with two attached hydrogens (primary N) is 1. The quantitative estimate of drug-likeness (QED) is 0.412. The Hall–Kier alpha value is -3.75. The molecular formula is C18H19N9. The van der Waals surface area contributed by atoms with Crippen LogP contribution in [-0.4, -0.2) is 36.7 Å². The fraction of sp³-hybridized carbons (Fsp3) is 0.167. The second-order valence-corrected chi connectivity index (χ2v) is 6.06. The van der Waals surface area contributed by atoms with Gasteiger partial charge in [-0.05, 0) is 31.2 Å². The van der Waals surface area contributed by atoms with E-state index in [1.807, 2.05) is 37.3 Å². The molecule has 9 heteroatoms. The smallest absolute Gasteiger partial charge is 0.231 e. The van der Waals surface area contributed by atoms with Gasteiger partial charge in [-0.25, -0.2) is 9.97 Å². The van der Waals surface area contributed by atoms with Gasteiger partial charge in [0.05, 0.1) is 5.52 Å². The third-order valence-electron chi connectivity index (χ3n) is 3.90. The Bertz CT molecular complexity index is 1070. The third-order valence-corrected chi connectivity index (χ3v) is 3.90. The van der Waals surface area contributed by atoms with Crippen molar-refractivity contribution < 1.29 is 0 Å². The monoisotopic (exact) mass is 361 g/mol. The van der Waals surface area contributed by atoms with Gasteiger partial charge < -0.3 is 16.4 Å². The van der Waals surface area contributed by atoms with Crippen molar-refractivity contribution in [2.24, 2.45) is 0 Å². The molecule has 0 unspecified atom stereocenters. The fourth-order valence-electron chi connectivity index (χ4n) is 2.69. The van der Waals surface area contributed by atoms with Crippen molar-refractivity contribution >= 4 is 34.4 Å². The van der Waals surface area contributed by atoms with Gasteiger partial charge in [-0.3, -0.25) is 10.1 Å². The molecule has 0 spiro atoms. The SMILES string of the molecule is Cc1cc(Nc2nc(NCCc3cccc(N)n3)c3ncccc3n2)n[nH]1. The highest BCUT2D eigenvalue weighted by Gasteiger charge is 2.10. The Morgan fingerprint density at radius 2 is 2.04 bits per heavy atom. The highest BCUT2D eigenvalue weighted by Crippen LogP contribution is 2.21. The summed E-state index contributed by atoms with van der Waals surface area (Å²) in [5.41, 5.74) is 9.05. The summed E-state index contributed by atoms with van der Waals surface area (Å²) in [5.74, 6) is 2.28. The van der Waals surface area contributed by atoms with Crippen LogP contribution in [0, 0.1) is 6.92 Å². The average Bonchev–Trinajstić information content (AvgIpc) is 3.06. The van der Waals surface area contributed by atoms with E-state index >= 15 is 0 Å². The molecule has 4 heterocycles. The van der Waals surface area contributed by atoms with E-state index in [1.165, 1.54) is 0 Å². The molecule has 136 valence electrons. The van der Waals surface area contributed by atoms with Crippen molar-refractivity contribution in [1.29, 1.82) is 0 Å². The summed E-state index contributed by atoms with van der Waals surface area (Å²) in [5, 5.41) is 13.5. The first-order chi connectivity index (χ1) is 13.2. The number of nitrogens with one attached hydrogen (secondary N) is 3. The molecule has 0 aromatic carbocycles. The lowest BCUT2D eigenvalue weighted by molar-refractivity contribution is 0.956. The Morgan fingerprint density at radius 3 is 2.85 bits per heavy atom. The summed E-state index contributed by atoms with van der Waals surface area (Å²) in [7, 11) is 0. The van der Waals surface area contributed by atoms with Crippen molar-refractivity contribution in [3.63, 3.8) is 0 Å². The number of fused-ring (bicyclic) bond motifs is 1. The number of nitrogens with zero attached hydrogens (tertiary/aromatic N) is 5. The number of aromatic amines is 1. The number of aryl methyl sites for hydroxylation is 1. The van der Waals surface area contributed by atoms with Gasteiger partial charge in [-0.2, -0.15) is 10.1 Å². The van der Waals surface area contributed by atoms with E-state index in [0.29, 0.717) is 41.9 Å². The Balaban J connectivity index is 1.56. The molecule has 0 aliphatic heterocycles. The van der Waals surface area contributed by atoms with E-state index in [9.17, 15) is 0 Å². The van der Waals surface area contributed by atoms with Crippen LogP contribution in [0.1, 0.15) is 11.4 Å². The molecule has 0 bridgehead atoms. The van der Waals surface area contributed by atoms with E-state index in [4.69, 9.17) is 5.73 Å². The molecular weight excluding hydrogens is 342 g/mol. The van der Waals surface area contributed by atoms with Crippen LogP contribution in [0.15, 0.2) is 42.6 Å². The highest BCUT2D eigenvalue weighted by atomic mass is 15.2. The standard InChI is InChI=1S/C18H19N9/c1-11-10-15(27-26-11)24-18-23-13-5-3-8-20-16(13)17(25-18)21-9-7-12-4-2-6-14(19)22-12/h2-6,8,10H,7,9H2,1H3,(H2,19,22)(H3,21,23,24,25,26,27). The number of rotatable bonds is 6. The highest BCUT2D eigenvalue weighted by molar-refractivity contribution is 5.86. The molecule has 4 aromatic heterocycles. The van der Waals surface area contributed by atoms with Gasteiger partial charge in [0.15, 0.2) is 11.6 Å². The molecule has 0 atom stereocenters. The van der Waals surface area contributed by atoms with Crippen molar-refractivity contribution in [1.82, 2.24) is 30.1 Å². The van der Waals surface area contributed by atoms with E-state index in [2.05, 4.69) is 40.8 Å². The van der Waals surface area contributed by atoms with Crippen LogP contribution in [0.5, 0.6) is 0 Å². The second-order valence-electron chi connectivity index (χ2n) is 6.06. The lowest BCUT2D eigenvalue weighted by Crippen LogP contribution is -2.10. The van der Waals surface area contributed by atoms with E-state index in [0.717, 1.165) is 16.9 Å². The zero-order chi connectivity index (χ0) is 18.6. The van der Waals surface area contributed by atoms with E-state index in [1.54, 1.807) is 12.3 Å². The molecule has 9 nitrogen and oxygen atoms in total. The lowest BCUT2D eigenvalue weighted by atomic mass is 10.2. The van der Waals surface area contributed by atoms with Crippen LogP contribution in [-0.2, 0) is 6.42 Å². The lowest BCUT2D eigenvalue weighted by Gasteiger charge is -2.10. The first kappa shape index (κ1) is 16.7. The van der Waals surface area contributed by atoms with Crippen LogP contribution in [0.4, 0.5) is 23.4 Å². The van der Waals surface area contributed by atoms with Gasteiger partial charge in [0.2, 0.25) is 5.95 Å². The topological polar surface area (TPSA) is 130 Å². The van der Waals surface area contributed by atoms with Gasteiger partial charge in [0.25, 0.3) is 0 Å². The van der Waals surface area contributed by atoms with Gasteiger partial charge in [-0.1, -0.05) is 6.07 Å². The average molecular weight is 361 g/mol. The molecule has 0 aliphatic carbocycles. The molecule has 0 saturated carbocycles. The van der Waals surface area contributed by atoms with Crippen molar-refractivity contribution in [3.8, 4) is 0 Å². The molecule has 27 heavy (non-hydrogen) atoms. The minimum atomic E-state index is 0.451. The van der Waals surface area contributed by atoms with Crippen LogP contribution in [0.2, 0.25) is 0 Å². The maximum absolute atomic E-state index is 5.73. The van der Waals surface area contributed by atoms with Crippen LogP contribution in [0.25, 0.3) is 11.0 Å². The molecule has 0 aliphatic rings. The van der Waals surface area contributed by atoms with Crippen molar-refractivity contribution in [3.05, 3.63) is 54.0 Å². The zero-order valence-electron chi connectivity index (χ0n) is 14.8. The van der Waals surface area contributed by atoms with Gasteiger partial charge >= 0.3 is 0 Å². The molecule has 4 rings (SSSR count). The predicted molar refractivity (Wildman–Crippen MR) is 105 cm³/mol. The van der Waals surface area contributed by atoms with E-state index in [-0.39, 0.29) is 0 Å². The maximum atomic E-state index is 5.73. The van der Waals surface area contributed by atoms with Gasteiger partial charge in [0.1, 0.15) is 11.3 Å². The summed E-state index contributed by atoms with van der Waals surface area (Å²) >= 11 is 0.